The summed E-state index contributed by atoms with van der Waals surface area (Å²) in [5.74, 6) is -0.102. The fourth-order valence-corrected chi connectivity index (χ4v) is 2.86. The van der Waals surface area contributed by atoms with Crippen LogP contribution in [0, 0.1) is 5.82 Å². The first-order valence-corrected chi connectivity index (χ1v) is 8.14. The highest BCUT2D eigenvalue weighted by Gasteiger charge is 2.21. The van der Waals surface area contributed by atoms with E-state index in [4.69, 9.17) is 4.74 Å². The van der Waals surface area contributed by atoms with Crippen LogP contribution in [0.4, 0.5) is 14.9 Å². The van der Waals surface area contributed by atoms with E-state index in [2.05, 4.69) is 15.3 Å². The van der Waals surface area contributed by atoms with Crippen LogP contribution in [-0.2, 0) is 13.6 Å². The second kappa shape index (κ2) is 7.52. The zero-order chi connectivity index (χ0) is 17.8. The number of methoxy groups -OCH3 is 1. The Balaban J connectivity index is 1.49. The molecule has 1 saturated heterocycles. The van der Waals surface area contributed by atoms with Crippen LogP contribution < -0.4 is 10.1 Å². The molecule has 0 atom stereocenters. The number of rotatable bonds is 4. The quantitative estimate of drug-likeness (QED) is 0.918. The van der Waals surface area contributed by atoms with Crippen LogP contribution in [0.5, 0.6) is 5.75 Å². The number of halogens is 1. The van der Waals surface area contributed by atoms with Crippen LogP contribution in [-0.4, -0.2) is 58.9 Å². The zero-order valence-corrected chi connectivity index (χ0v) is 14.4. The molecule has 1 aromatic carbocycles. The minimum absolute atomic E-state index is 0.122. The van der Waals surface area contributed by atoms with Gasteiger partial charge < -0.3 is 15.0 Å². The number of nitrogens with one attached hydrogen (secondary N) is 1. The van der Waals surface area contributed by atoms with Gasteiger partial charge in [0.2, 0.25) is 0 Å². The summed E-state index contributed by atoms with van der Waals surface area (Å²) in [6.45, 7) is 3.40. The number of hydrogen-bond donors (Lipinski definition) is 1. The molecule has 25 heavy (non-hydrogen) atoms. The molecule has 2 aromatic rings. The van der Waals surface area contributed by atoms with E-state index in [9.17, 15) is 9.18 Å². The van der Waals surface area contributed by atoms with Crippen molar-refractivity contribution in [2.45, 2.75) is 6.54 Å². The molecule has 2 heterocycles. The van der Waals surface area contributed by atoms with Crippen molar-refractivity contribution in [2.24, 2.45) is 7.05 Å². The Morgan fingerprint density at radius 3 is 2.68 bits per heavy atom. The lowest BCUT2D eigenvalue weighted by Gasteiger charge is -2.34. The molecule has 0 spiro atoms. The third-order valence-corrected chi connectivity index (χ3v) is 4.24. The molecule has 1 aromatic heterocycles. The molecular formula is C17H22FN5O2. The third-order valence-electron chi connectivity index (χ3n) is 4.24. The van der Waals surface area contributed by atoms with Crippen LogP contribution in [0.2, 0.25) is 0 Å². The second-order valence-electron chi connectivity index (χ2n) is 6.06. The third kappa shape index (κ3) is 4.27. The van der Waals surface area contributed by atoms with Crippen molar-refractivity contribution >= 4 is 11.7 Å². The highest BCUT2D eigenvalue weighted by molar-refractivity contribution is 5.89. The minimum Gasteiger partial charge on any atom is -0.494 e. The van der Waals surface area contributed by atoms with Gasteiger partial charge in [-0.3, -0.25) is 9.58 Å². The van der Waals surface area contributed by atoms with E-state index >= 15 is 0 Å². The van der Waals surface area contributed by atoms with Gasteiger partial charge in [-0.15, -0.1) is 0 Å². The molecule has 1 N–H and O–H groups in total. The number of carbonyl (C=O) groups is 1. The van der Waals surface area contributed by atoms with E-state index in [1.807, 2.05) is 6.07 Å². The van der Waals surface area contributed by atoms with Gasteiger partial charge in [0.1, 0.15) is 0 Å². The first-order chi connectivity index (χ1) is 12.0. The number of anilines is 1. The van der Waals surface area contributed by atoms with Crippen LogP contribution in [0.25, 0.3) is 0 Å². The second-order valence-corrected chi connectivity index (χ2v) is 6.06. The van der Waals surface area contributed by atoms with Gasteiger partial charge in [-0.05, 0) is 17.7 Å². The van der Waals surface area contributed by atoms with E-state index in [1.165, 1.54) is 13.2 Å². The van der Waals surface area contributed by atoms with Crippen molar-refractivity contribution in [1.82, 2.24) is 19.6 Å². The molecule has 3 rings (SSSR count). The molecule has 134 valence electrons. The summed E-state index contributed by atoms with van der Waals surface area (Å²) < 4.78 is 20.3. The van der Waals surface area contributed by atoms with Gasteiger partial charge in [0.25, 0.3) is 0 Å². The number of piperazine rings is 1. The number of hydrogen-bond acceptors (Lipinski definition) is 4. The number of aromatic nitrogens is 2. The van der Waals surface area contributed by atoms with Gasteiger partial charge in [0, 0.05) is 46.0 Å². The summed E-state index contributed by atoms with van der Waals surface area (Å²) in [5.41, 5.74) is 1.58. The molecule has 0 aliphatic carbocycles. The Bertz CT molecular complexity index is 740. The Hall–Kier alpha value is -2.61. The van der Waals surface area contributed by atoms with Crippen molar-refractivity contribution in [1.29, 1.82) is 0 Å². The SMILES string of the molecule is COc1ccc(CN2CCN(C(=O)Nc3cnn(C)c3)CC2)cc1F. The van der Waals surface area contributed by atoms with Crippen LogP contribution in [0.15, 0.2) is 30.6 Å². The molecule has 0 unspecified atom stereocenters. The molecule has 2 amide bonds. The number of benzene rings is 1. The molecular weight excluding hydrogens is 325 g/mol. The summed E-state index contributed by atoms with van der Waals surface area (Å²) in [6.07, 6.45) is 3.37. The van der Waals surface area contributed by atoms with Crippen molar-refractivity contribution in [3.63, 3.8) is 0 Å². The summed E-state index contributed by atoms with van der Waals surface area (Å²) in [5, 5.41) is 6.87. The summed E-state index contributed by atoms with van der Waals surface area (Å²) in [4.78, 5) is 16.2. The fourth-order valence-electron chi connectivity index (χ4n) is 2.86. The van der Waals surface area contributed by atoms with Gasteiger partial charge >= 0.3 is 6.03 Å². The van der Waals surface area contributed by atoms with Crippen LogP contribution >= 0.6 is 0 Å². The first-order valence-electron chi connectivity index (χ1n) is 8.14. The molecule has 0 saturated carbocycles. The maximum atomic E-state index is 13.8. The highest BCUT2D eigenvalue weighted by atomic mass is 19.1. The lowest BCUT2D eigenvalue weighted by atomic mass is 10.2. The topological polar surface area (TPSA) is 62.6 Å². The van der Waals surface area contributed by atoms with Gasteiger partial charge in [-0.1, -0.05) is 6.07 Å². The van der Waals surface area contributed by atoms with E-state index in [0.717, 1.165) is 18.7 Å². The first kappa shape index (κ1) is 17.2. The molecule has 1 aliphatic heterocycles. The number of carbonyl (C=O) groups excluding carboxylic acids is 1. The maximum Gasteiger partial charge on any atom is 0.322 e. The molecule has 0 bridgehead atoms. The summed E-state index contributed by atoms with van der Waals surface area (Å²) in [7, 11) is 3.25. The summed E-state index contributed by atoms with van der Waals surface area (Å²) >= 11 is 0. The molecule has 1 fully saturated rings. The van der Waals surface area contributed by atoms with Gasteiger partial charge in [0.15, 0.2) is 11.6 Å². The van der Waals surface area contributed by atoms with E-state index in [-0.39, 0.29) is 17.6 Å². The number of ether oxygens (including phenoxy) is 1. The Morgan fingerprint density at radius 1 is 1.32 bits per heavy atom. The standard InChI is InChI=1S/C17H22FN5O2/c1-21-12-14(10-19-21)20-17(24)23-7-5-22(6-8-23)11-13-3-4-16(25-2)15(18)9-13/h3-4,9-10,12H,5-8,11H2,1-2H3,(H,20,24). The average Bonchev–Trinajstić information content (AvgIpc) is 3.00. The van der Waals surface area contributed by atoms with E-state index in [1.54, 1.807) is 35.1 Å². The predicted octanol–water partition coefficient (Wildman–Crippen LogP) is 1.92. The smallest absolute Gasteiger partial charge is 0.322 e. The molecule has 1 aliphatic rings. The van der Waals surface area contributed by atoms with Gasteiger partial charge in [-0.25, -0.2) is 9.18 Å². The Kier molecular flexibility index (Phi) is 5.18. The van der Waals surface area contributed by atoms with Crippen molar-refractivity contribution in [2.75, 3.05) is 38.6 Å². The number of amides is 2. The number of urea groups is 1. The van der Waals surface area contributed by atoms with E-state index < -0.39 is 0 Å². The molecule has 7 nitrogen and oxygen atoms in total. The lowest BCUT2D eigenvalue weighted by Crippen LogP contribution is -2.49. The van der Waals surface area contributed by atoms with E-state index in [0.29, 0.717) is 25.3 Å². The minimum atomic E-state index is -0.352. The van der Waals surface area contributed by atoms with Gasteiger partial charge in [0.05, 0.1) is 19.0 Å². The average molecular weight is 347 g/mol. The van der Waals surface area contributed by atoms with Crippen molar-refractivity contribution in [3.8, 4) is 5.75 Å². The Morgan fingerprint density at radius 2 is 2.08 bits per heavy atom. The van der Waals surface area contributed by atoms with Gasteiger partial charge in [-0.2, -0.15) is 5.10 Å². The zero-order valence-electron chi connectivity index (χ0n) is 14.4. The Labute approximate surface area is 146 Å². The molecule has 0 radical (unpaired) electrons. The van der Waals surface area contributed by atoms with Crippen molar-refractivity contribution in [3.05, 3.63) is 42.0 Å². The summed E-state index contributed by atoms with van der Waals surface area (Å²) in [6, 6.07) is 4.88. The fraction of sp³-hybridized carbons (Fsp3) is 0.412. The number of aryl methyl sites for hydroxylation is 1. The molecule has 8 heteroatoms. The normalized spacial score (nSPS) is 15.2. The largest absolute Gasteiger partial charge is 0.494 e. The lowest BCUT2D eigenvalue weighted by molar-refractivity contribution is 0.143. The maximum absolute atomic E-state index is 13.8. The predicted molar refractivity (Wildman–Crippen MR) is 92.0 cm³/mol. The highest BCUT2D eigenvalue weighted by Crippen LogP contribution is 2.19. The van der Waals surface area contributed by atoms with Crippen LogP contribution in [0.3, 0.4) is 0 Å². The monoisotopic (exact) mass is 347 g/mol. The number of nitrogens with zero attached hydrogens (tertiary/aromatic N) is 4. The van der Waals surface area contributed by atoms with Crippen LogP contribution in [0.1, 0.15) is 5.56 Å². The van der Waals surface area contributed by atoms with Crippen molar-refractivity contribution < 1.29 is 13.9 Å².